The molecule has 2 heterocycles. The molecule has 0 atom stereocenters. The van der Waals surface area contributed by atoms with Crippen LogP contribution in [0.1, 0.15) is 32.3 Å². The Morgan fingerprint density at radius 1 is 1.30 bits per heavy atom. The second-order valence-corrected chi connectivity index (χ2v) is 8.40. The van der Waals surface area contributed by atoms with Gasteiger partial charge in [-0.2, -0.15) is 0 Å². The van der Waals surface area contributed by atoms with Crippen LogP contribution in [0.2, 0.25) is 0 Å². The Labute approximate surface area is 188 Å². The number of hydrogen-bond acceptors (Lipinski definition) is 8. The smallest absolute Gasteiger partial charge is 0.474 e. The second kappa shape index (κ2) is 10.2. The number of carbonyl (C=O) groups excluding carboxylic acids is 1. The SMILES string of the molecule is Cc1c(Nc2ccc(I)cc2F)ncnc1OC1CCN(OC(=O)OC(C)C)CC1. The van der Waals surface area contributed by atoms with Crippen LogP contribution in [-0.2, 0) is 9.57 Å². The molecule has 0 unspecified atom stereocenters. The zero-order chi connectivity index (χ0) is 21.7. The summed E-state index contributed by atoms with van der Waals surface area (Å²) >= 11 is 2.06. The van der Waals surface area contributed by atoms with Crippen LogP contribution in [0, 0.1) is 16.3 Å². The molecule has 3 rings (SSSR count). The zero-order valence-electron chi connectivity index (χ0n) is 17.0. The number of aromatic nitrogens is 2. The number of carbonyl (C=O) groups is 1. The van der Waals surface area contributed by atoms with Crippen molar-refractivity contribution in [3.8, 4) is 5.88 Å². The minimum atomic E-state index is -0.699. The number of nitrogens with one attached hydrogen (secondary N) is 1. The highest BCUT2D eigenvalue weighted by atomic mass is 127. The normalized spacial score (nSPS) is 15.1. The number of nitrogens with zero attached hydrogens (tertiary/aromatic N) is 3. The predicted molar refractivity (Wildman–Crippen MR) is 117 cm³/mol. The Morgan fingerprint density at radius 3 is 2.70 bits per heavy atom. The van der Waals surface area contributed by atoms with E-state index >= 15 is 0 Å². The van der Waals surface area contributed by atoms with Crippen LogP contribution < -0.4 is 10.1 Å². The lowest BCUT2D eigenvalue weighted by Crippen LogP contribution is -2.40. The molecule has 162 valence electrons. The number of halogens is 2. The number of ether oxygens (including phenoxy) is 2. The summed E-state index contributed by atoms with van der Waals surface area (Å²) in [6, 6.07) is 4.93. The van der Waals surface area contributed by atoms with Crippen molar-refractivity contribution in [2.75, 3.05) is 18.4 Å². The van der Waals surface area contributed by atoms with E-state index in [0.29, 0.717) is 48.9 Å². The molecule has 10 heteroatoms. The van der Waals surface area contributed by atoms with Crippen molar-refractivity contribution in [2.24, 2.45) is 0 Å². The van der Waals surface area contributed by atoms with Crippen molar-refractivity contribution >= 4 is 40.3 Å². The standard InChI is InChI=1S/C20H24FIN4O4/c1-12(2)28-20(27)30-26-8-6-15(7-9-26)29-19-13(3)18(23-11-24-19)25-17-5-4-14(22)10-16(17)21/h4-5,10-12,15H,6-9H2,1-3H3,(H,23,24,25). The molecule has 0 spiro atoms. The van der Waals surface area contributed by atoms with Gasteiger partial charge in [-0.3, -0.25) is 0 Å². The van der Waals surface area contributed by atoms with Gasteiger partial charge in [0.2, 0.25) is 5.88 Å². The van der Waals surface area contributed by atoms with Crippen LogP contribution >= 0.6 is 22.6 Å². The summed E-state index contributed by atoms with van der Waals surface area (Å²) < 4.78 is 26.0. The molecular weight excluding hydrogens is 506 g/mol. The van der Waals surface area contributed by atoms with Gasteiger partial charge in [0.05, 0.1) is 17.4 Å². The largest absolute Gasteiger partial charge is 0.528 e. The van der Waals surface area contributed by atoms with Gasteiger partial charge in [-0.05, 0) is 61.6 Å². The highest BCUT2D eigenvalue weighted by molar-refractivity contribution is 14.1. The molecule has 1 saturated heterocycles. The molecule has 1 aromatic carbocycles. The monoisotopic (exact) mass is 530 g/mol. The number of piperidine rings is 1. The van der Waals surface area contributed by atoms with Crippen molar-refractivity contribution in [1.82, 2.24) is 15.0 Å². The predicted octanol–water partition coefficient (Wildman–Crippen LogP) is 4.59. The minimum Gasteiger partial charge on any atom is -0.474 e. The summed E-state index contributed by atoms with van der Waals surface area (Å²) in [5, 5.41) is 4.57. The number of hydrogen-bond donors (Lipinski definition) is 1. The quantitative estimate of drug-likeness (QED) is 0.429. The summed E-state index contributed by atoms with van der Waals surface area (Å²) in [7, 11) is 0. The average Bonchev–Trinajstić information content (AvgIpc) is 2.68. The van der Waals surface area contributed by atoms with E-state index in [4.69, 9.17) is 14.3 Å². The van der Waals surface area contributed by atoms with E-state index in [1.807, 2.05) is 13.0 Å². The van der Waals surface area contributed by atoms with Gasteiger partial charge in [-0.25, -0.2) is 19.2 Å². The average molecular weight is 530 g/mol. The van der Waals surface area contributed by atoms with Crippen molar-refractivity contribution in [3.63, 3.8) is 0 Å². The summed E-state index contributed by atoms with van der Waals surface area (Å²) in [5.74, 6) is 0.570. The van der Waals surface area contributed by atoms with Gasteiger partial charge in [0.15, 0.2) is 0 Å². The van der Waals surface area contributed by atoms with Gasteiger partial charge in [0.25, 0.3) is 0 Å². The molecule has 1 aliphatic rings. The van der Waals surface area contributed by atoms with Gasteiger partial charge in [0.1, 0.15) is 24.1 Å². The maximum atomic E-state index is 14.1. The van der Waals surface area contributed by atoms with Crippen LogP contribution in [0.25, 0.3) is 0 Å². The van der Waals surface area contributed by atoms with Crippen LogP contribution in [0.3, 0.4) is 0 Å². The molecule has 0 saturated carbocycles. The number of anilines is 2. The topological polar surface area (TPSA) is 85.8 Å². The number of rotatable bonds is 6. The maximum Gasteiger partial charge on any atom is 0.528 e. The summed E-state index contributed by atoms with van der Waals surface area (Å²) in [6.07, 6.45) is 1.70. The fraction of sp³-hybridized carbons (Fsp3) is 0.450. The Balaban J connectivity index is 1.58. The minimum absolute atomic E-state index is 0.0811. The maximum absolute atomic E-state index is 14.1. The first-order valence-electron chi connectivity index (χ1n) is 9.65. The van der Waals surface area contributed by atoms with Gasteiger partial charge < -0.3 is 19.6 Å². The highest BCUT2D eigenvalue weighted by Gasteiger charge is 2.25. The molecule has 30 heavy (non-hydrogen) atoms. The van der Waals surface area contributed by atoms with E-state index in [1.165, 1.54) is 12.4 Å². The van der Waals surface area contributed by atoms with Crippen molar-refractivity contribution in [2.45, 2.75) is 45.8 Å². The van der Waals surface area contributed by atoms with Gasteiger partial charge >= 0.3 is 6.16 Å². The molecule has 1 N–H and O–H groups in total. The van der Waals surface area contributed by atoms with Crippen LogP contribution in [0.5, 0.6) is 5.88 Å². The van der Waals surface area contributed by atoms with E-state index in [2.05, 4.69) is 37.9 Å². The molecule has 0 amide bonds. The third kappa shape index (κ3) is 6.14. The summed E-state index contributed by atoms with van der Waals surface area (Å²) in [5.41, 5.74) is 1.02. The first kappa shape index (κ1) is 22.5. The van der Waals surface area contributed by atoms with E-state index < -0.39 is 6.16 Å². The summed E-state index contributed by atoms with van der Waals surface area (Å²) in [6.45, 7) is 6.41. The summed E-state index contributed by atoms with van der Waals surface area (Å²) in [4.78, 5) is 25.2. The molecule has 2 aromatic rings. The Morgan fingerprint density at radius 2 is 2.03 bits per heavy atom. The Bertz CT molecular complexity index is 891. The third-order valence-corrected chi connectivity index (χ3v) is 5.11. The fourth-order valence-electron chi connectivity index (χ4n) is 2.92. The molecule has 1 aromatic heterocycles. The van der Waals surface area contributed by atoms with Gasteiger partial charge in [-0.1, -0.05) is 0 Å². The lowest BCUT2D eigenvalue weighted by molar-refractivity contribution is -0.151. The van der Waals surface area contributed by atoms with E-state index in [1.54, 1.807) is 25.0 Å². The lowest BCUT2D eigenvalue weighted by atomic mass is 10.1. The zero-order valence-corrected chi connectivity index (χ0v) is 19.2. The Kier molecular flexibility index (Phi) is 7.64. The Hall–Kier alpha value is -2.21. The molecular formula is C20H24FIN4O4. The highest BCUT2D eigenvalue weighted by Crippen LogP contribution is 2.28. The van der Waals surface area contributed by atoms with E-state index in [-0.39, 0.29) is 18.0 Å². The number of hydroxylamine groups is 2. The van der Waals surface area contributed by atoms with Crippen molar-refractivity contribution < 1.29 is 23.5 Å². The fourth-order valence-corrected chi connectivity index (χ4v) is 3.37. The van der Waals surface area contributed by atoms with Gasteiger partial charge in [-0.15, -0.1) is 5.06 Å². The van der Waals surface area contributed by atoms with Crippen LogP contribution in [0.15, 0.2) is 24.5 Å². The van der Waals surface area contributed by atoms with Crippen LogP contribution in [0.4, 0.5) is 20.7 Å². The second-order valence-electron chi connectivity index (χ2n) is 7.16. The first-order valence-corrected chi connectivity index (χ1v) is 10.7. The van der Waals surface area contributed by atoms with E-state index in [0.717, 1.165) is 3.57 Å². The van der Waals surface area contributed by atoms with Crippen molar-refractivity contribution in [1.29, 1.82) is 0 Å². The van der Waals surface area contributed by atoms with Crippen molar-refractivity contribution in [3.05, 3.63) is 39.5 Å². The molecule has 0 aliphatic carbocycles. The number of benzene rings is 1. The third-order valence-electron chi connectivity index (χ3n) is 4.44. The molecule has 1 fully saturated rings. The van der Waals surface area contributed by atoms with Crippen LogP contribution in [-0.4, -0.2) is 46.5 Å². The molecule has 1 aliphatic heterocycles. The molecule has 8 nitrogen and oxygen atoms in total. The first-order chi connectivity index (χ1) is 14.3. The van der Waals surface area contributed by atoms with Gasteiger partial charge in [0, 0.05) is 29.5 Å². The molecule has 0 bridgehead atoms. The lowest BCUT2D eigenvalue weighted by Gasteiger charge is -2.30. The molecule has 0 radical (unpaired) electrons. The van der Waals surface area contributed by atoms with E-state index in [9.17, 15) is 9.18 Å².